The van der Waals surface area contributed by atoms with Crippen molar-refractivity contribution in [2.45, 2.75) is 13.5 Å². The molecule has 2 aromatic carbocycles. The first-order valence-electron chi connectivity index (χ1n) is 6.20. The summed E-state index contributed by atoms with van der Waals surface area (Å²) in [7, 11) is 0. The number of benzene rings is 2. The third-order valence-corrected chi connectivity index (χ3v) is 3.61. The number of aryl methyl sites for hydroxylation is 1. The number of hydrogen-bond donors (Lipinski definition) is 1. The number of halogens is 1. The Kier molecular flexibility index (Phi) is 3.30. The van der Waals surface area contributed by atoms with Gasteiger partial charge in [0.25, 0.3) is 0 Å². The summed E-state index contributed by atoms with van der Waals surface area (Å²) in [6.07, 6.45) is 0. The molecule has 1 aromatic heterocycles. The minimum Gasteiger partial charge on any atom is -0.459 e. The van der Waals surface area contributed by atoms with Crippen molar-refractivity contribution in [3.63, 3.8) is 0 Å². The van der Waals surface area contributed by atoms with Crippen molar-refractivity contribution in [1.82, 2.24) is 0 Å². The zero-order valence-corrected chi connectivity index (χ0v) is 12.2. The second-order valence-electron chi connectivity index (χ2n) is 4.56. The van der Waals surface area contributed by atoms with Crippen molar-refractivity contribution < 1.29 is 4.42 Å². The maximum atomic E-state index is 5.78. The van der Waals surface area contributed by atoms with Crippen LogP contribution in [0.3, 0.4) is 0 Å². The number of para-hydroxylation sites is 1. The van der Waals surface area contributed by atoms with Gasteiger partial charge in [0.1, 0.15) is 11.3 Å². The average molecular weight is 316 g/mol. The van der Waals surface area contributed by atoms with E-state index in [1.165, 1.54) is 5.56 Å². The lowest BCUT2D eigenvalue weighted by Crippen LogP contribution is -1.99. The summed E-state index contributed by atoms with van der Waals surface area (Å²) in [5, 5.41) is 4.55. The van der Waals surface area contributed by atoms with Gasteiger partial charge < -0.3 is 9.73 Å². The summed E-state index contributed by atoms with van der Waals surface area (Å²) in [4.78, 5) is 0. The monoisotopic (exact) mass is 315 g/mol. The molecule has 0 spiro atoms. The molecule has 3 rings (SSSR count). The van der Waals surface area contributed by atoms with Gasteiger partial charge in [0.2, 0.25) is 0 Å². The van der Waals surface area contributed by atoms with Crippen molar-refractivity contribution in [1.29, 1.82) is 0 Å². The fourth-order valence-corrected chi connectivity index (χ4v) is 2.61. The van der Waals surface area contributed by atoms with Crippen LogP contribution >= 0.6 is 15.9 Å². The van der Waals surface area contributed by atoms with E-state index >= 15 is 0 Å². The lowest BCUT2D eigenvalue weighted by molar-refractivity contribution is 0.559. The van der Waals surface area contributed by atoms with E-state index in [4.69, 9.17) is 4.42 Å². The summed E-state index contributed by atoms with van der Waals surface area (Å²) >= 11 is 3.47. The highest BCUT2D eigenvalue weighted by molar-refractivity contribution is 9.10. The van der Waals surface area contributed by atoms with Gasteiger partial charge >= 0.3 is 0 Å². The molecule has 0 aliphatic heterocycles. The highest BCUT2D eigenvalue weighted by Crippen LogP contribution is 2.22. The van der Waals surface area contributed by atoms with Crippen LogP contribution in [-0.4, -0.2) is 0 Å². The highest BCUT2D eigenvalue weighted by Gasteiger charge is 2.04. The summed E-state index contributed by atoms with van der Waals surface area (Å²) in [5.74, 6) is 0.948. The van der Waals surface area contributed by atoms with Crippen molar-refractivity contribution in [2.75, 3.05) is 5.32 Å². The maximum absolute atomic E-state index is 5.78. The van der Waals surface area contributed by atoms with E-state index in [9.17, 15) is 0 Å². The fourth-order valence-electron chi connectivity index (χ4n) is 2.13. The molecular formula is C16H14BrNO. The SMILES string of the molecule is Cc1cc(Br)ccc1NCc1cc2ccccc2o1. The molecule has 0 aliphatic rings. The molecule has 0 radical (unpaired) electrons. The third-order valence-electron chi connectivity index (χ3n) is 3.12. The number of rotatable bonds is 3. The lowest BCUT2D eigenvalue weighted by atomic mass is 10.2. The minimum atomic E-state index is 0.692. The molecule has 0 aliphatic carbocycles. The number of nitrogens with one attached hydrogen (secondary N) is 1. The largest absolute Gasteiger partial charge is 0.459 e. The van der Waals surface area contributed by atoms with Gasteiger partial charge in [-0.25, -0.2) is 0 Å². The Bertz CT molecular complexity index is 685. The third kappa shape index (κ3) is 2.66. The fraction of sp³-hybridized carbons (Fsp3) is 0.125. The predicted octanol–water partition coefficient (Wildman–Crippen LogP) is 5.12. The first kappa shape index (κ1) is 12.3. The number of hydrogen-bond acceptors (Lipinski definition) is 2. The normalized spacial score (nSPS) is 10.8. The molecule has 0 bridgehead atoms. The van der Waals surface area contributed by atoms with Crippen LogP contribution in [0.1, 0.15) is 11.3 Å². The molecule has 0 atom stereocenters. The van der Waals surface area contributed by atoms with E-state index in [-0.39, 0.29) is 0 Å². The van der Waals surface area contributed by atoms with Gasteiger partial charge in [0.05, 0.1) is 6.54 Å². The molecule has 2 nitrogen and oxygen atoms in total. The molecular weight excluding hydrogens is 302 g/mol. The smallest absolute Gasteiger partial charge is 0.134 e. The first-order valence-corrected chi connectivity index (χ1v) is 6.99. The molecule has 0 unspecified atom stereocenters. The highest BCUT2D eigenvalue weighted by atomic mass is 79.9. The van der Waals surface area contributed by atoms with Gasteiger partial charge in [-0.2, -0.15) is 0 Å². The molecule has 0 saturated carbocycles. The van der Waals surface area contributed by atoms with E-state index in [0.29, 0.717) is 6.54 Å². The Labute approximate surface area is 120 Å². The molecule has 0 amide bonds. The van der Waals surface area contributed by atoms with Gasteiger partial charge in [0.15, 0.2) is 0 Å². The van der Waals surface area contributed by atoms with Crippen molar-refractivity contribution in [3.05, 3.63) is 64.3 Å². The number of anilines is 1. The number of fused-ring (bicyclic) bond motifs is 1. The topological polar surface area (TPSA) is 25.2 Å². The molecule has 96 valence electrons. The van der Waals surface area contributed by atoms with Gasteiger partial charge in [-0.05, 0) is 42.8 Å². The van der Waals surface area contributed by atoms with E-state index in [0.717, 1.165) is 26.9 Å². The molecule has 1 heterocycles. The molecule has 1 N–H and O–H groups in total. The van der Waals surface area contributed by atoms with Gasteiger partial charge in [-0.15, -0.1) is 0 Å². The van der Waals surface area contributed by atoms with Crippen molar-refractivity contribution in [3.8, 4) is 0 Å². The van der Waals surface area contributed by atoms with Crippen LogP contribution in [0.25, 0.3) is 11.0 Å². The molecule has 19 heavy (non-hydrogen) atoms. The van der Waals surface area contributed by atoms with Gasteiger partial charge in [-0.3, -0.25) is 0 Å². The summed E-state index contributed by atoms with van der Waals surface area (Å²) in [6.45, 7) is 2.78. The van der Waals surface area contributed by atoms with Crippen LogP contribution in [0, 0.1) is 6.92 Å². The lowest BCUT2D eigenvalue weighted by Gasteiger charge is -2.08. The Hall–Kier alpha value is -1.74. The Morgan fingerprint density at radius 2 is 1.95 bits per heavy atom. The van der Waals surface area contributed by atoms with Crippen LogP contribution < -0.4 is 5.32 Å². The zero-order valence-electron chi connectivity index (χ0n) is 10.6. The molecule has 3 heteroatoms. The Morgan fingerprint density at radius 3 is 2.74 bits per heavy atom. The number of furan rings is 1. The van der Waals surface area contributed by atoms with Gasteiger partial charge in [-0.1, -0.05) is 34.1 Å². The molecule has 0 fully saturated rings. The van der Waals surface area contributed by atoms with Gasteiger partial charge in [0, 0.05) is 15.5 Å². The second-order valence-corrected chi connectivity index (χ2v) is 5.48. The average Bonchev–Trinajstić information content (AvgIpc) is 2.80. The van der Waals surface area contributed by atoms with E-state index in [2.05, 4.69) is 52.4 Å². The molecule has 3 aromatic rings. The van der Waals surface area contributed by atoms with Crippen molar-refractivity contribution in [2.24, 2.45) is 0 Å². The van der Waals surface area contributed by atoms with Crippen LogP contribution in [0.15, 0.2) is 57.4 Å². The Balaban J connectivity index is 1.78. The van der Waals surface area contributed by atoms with Crippen LogP contribution in [0.4, 0.5) is 5.69 Å². The quantitative estimate of drug-likeness (QED) is 0.726. The second kappa shape index (κ2) is 5.10. The van der Waals surface area contributed by atoms with Crippen LogP contribution in [-0.2, 0) is 6.54 Å². The Morgan fingerprint density at radius 1 is 1.11 bits per heavy atom. The van der Waals surface area contributed by atoms with E-state index in [1.807, 2.05) is 24.3 Å². The summed E-state index contributed by atoms with van der Waals surface area (Å²) in [5.41, 5.74) is 3.28. The van der Waals surface area contributed by atoms with E-state index in [1.54, 1.807) is 0 Å². The standard InChI is InChI=1S/C16H14BrNO/c1-11-8-13(17)6-7-15(11)18-10-14-9-12-4-2-3-5-16(12)19-14/h2-9,18H,10H2,1H3. The van der Waals surface area contributed by atoms with Crippen LogP contribution in [0.2, 0.25) is 0 Å². The summed E-state index contributed by atoms with van der Waals surface area (Å²) < 4.78 is 6.88. The molecule has 0 saturated heterocycles. The van der Waals surface area contributed by atoms with Crippen LogP contribution in [0.5, 0.6) is 0 Å². The zero-order chi connectivity index (χ0) is 13.2. The first-order chi connectivity index (χ1) is 9.22. The minimum absolute atomic E-state index is 0.692. The van der Waals surface area contributed by atoms with Crippen molar-refractivity contribution >= 4 is 32.6 Å². The summed E-state index contributed by atoms with van der Waals surface area (Å²) in [6, 6.07) is 16.3. The predicted molar refractivity (Wildman–Crippen MR) is 82.4 cm³/mol. The maximum Gasteiger partial charge on any atom is 0.134 e. The van der Waals surface area contributed by atoms with E-state index < -0.39 is 0 Å².